The Labute approximate surface area is 147 Å². The summed E-state index contributed by atoms with van der Waals surface area (Å²) in [4.78, 5) is 29.6. The minimum atomic E-state index is -0.618. The monoisotopic (exact) mass is 344 g/mol. The van der Waals surface area contributed by atoms with Crippen LogP contribution in [0, 0.1) is 16.2 Å². The molecule has 2 N–H and O–H groups in total. The predicted molar refractivity (Wildman–Crippen MR) is 93.2 cm³/mol. The Morgan fingerprint density at radius 1 is 1.12 bits per heavy atom. The van der Waals surface area contributed by atoms with Crippen molar-refractivity contribution in [2.75, 3.05) is 7.11 Å². The molecule has 2 fully saturated rings. The topological polar surface area (TPSA) is 91.0 Å². The fourth-order valence-corrected chi connectivity index (χ4v) is 4.44. The van der Waals surface area contributed by atoms with Crippen molar-refractivity contribution >= 4 is 17.6 Å². The molecule has 134 valence electrons. The van der Waals surface area contributed by atoms with Crippen molar-refractivity contribution in [3.8, 4) is 5.75 Å². The van der Waals surface area contributed by atoms with Gasteiger partial charge in [-0.3, -0.25) is 4.79 Å². The molecule has 6 heteroatoms. The number of amides is 1. The van der Waals surface area contributed by atoms with Gasteiger partial charge in [0.05, 0.1) is 23.8 Å². The van der Waals surface area contributed by atoms with Crippen LogP contribution in [-0.2, 0) is 9.63 Å². The number of ether oxygens (including phenoxy) is 1. The first-order valence-electron chi connectivity index (χ1n) is 8.41. The standard InChI is InChI=1S/C19H24N2O4/c1-17(2)18(3)9-10-19(17,16(20)23)11-14(18)21-25-15(22)12-5-7-13(24-4)8-6-12/h5-8H,9-11H2,1-4H3,(H2,20,23). The van der Waals surface area contributed by atoms with Gasteiger partial charge in [-0.2, -0.15) is 0 Å². The second-order valence-corrected chi connectivity index (χ2v) is 7.73. The highest BCUT2D eigenvalue weighted by Crippen LogP contribution is 2.70. The number of fused-ring (bicyclic) bond motifs is 2. The number of nitrogens with two attached hydrogens (primary N) is 1. The Bertz CT molecular complexity index is 753. The van der Waals surface area contributed by atoms with Gasteiger partial charge in [0.25, 0.3) is 0 Å². The van der Waals surface area contributed by atoms with Crippen LogP contribution in [0.3, 0.4) is 0 Å². The molecular formula is C19H24N2O4. The molecule has 1 aromatic rings. The van der Waals surface area contributed by atoms with E-state index in [1.807, 2.05) is 0 Å². The molecule has 0 aromatic heterocycles. The van der Waals surface area contributed by atoms with Crippen molar-refractivity contribution in [2.24, 2.45) is 27.1 Å². The fraction of sp³-hybridized carbons (Fsp3) is 0.526. The summed E-state index contributed by atoms with van der Waals surface area (Å²) in [5.74, 6) is -0.172. The number of primary amides is 1. The van der Waals surface area contributed by atoms with Crippen molar-refractivity contribution in [3.63, 3.8) is 0 Å². The molecular weight excluding hydrogens is 320 g/mol. The van der Waals surface area contributed by atoms with Gasteiger partial charge in [0, 0.05) is 11.8 Å². The van der Waals surface area contributed by atoms with E-state index in [-0.39, 0.29) is 16.7 Å². The summed E-state index contributed by atoms with van der Waals surface area (Å²) in [5.41, 5.74) is 5.62. The second kappa shape index (κ2) is 5.58. The van der Waals surface area contributed by atoms with Crippen LogP contribution in [-0.4, -0.2) is 24.7 Å². The molecule has 2 aliphatic carbocycles. The highest BCUT2D eigenvalue weighted by molar-refractivity contribution is 6.02. The first-order chi connectivity index (χ1) is 11.7. The zero-order valence-electron chi connectivity index (χ0n) is 15.1. The molecule has 2 saturated carbocycles. The van der Waals surface area contributed by atoms with Crippen LogP contribution in [0.2, 0.25) is 0 Å². The maximum absolute atomic E-state index is 12.2. The lowest BCUT2D eigenvalue weighted by Gasteiger charge is -2.38. The number of oxime groups is 1. The molecule has 3 rings (SSSR count). The minimum absolute atomic E-state index is 0.298. The molecule has 25 heavy (non-hydrogen) atoms. The largest absolute Gasteiger partial charge is 0.497 e. The third-order valence-corrected chi connectivity index (χ3v) is 6.77. The molecule has 0 heterocycles. The van der Waals surface area contributed by atoms with Crippen molar-refractivity contribution in [2.45, 2.75) is 40.0 Å². The number of hydrogen-bond acceptors (Lipinski definition) is 5. The normalized spacial score (nSPS) is 31.1. The number of carbonyl (C=O) groups excluding carboxylic acids is 2. The van der Waals surface area contributed by atoms with Crippen molar-refractivity contribution in [1.29, 1.82) is 0 Å². The van der Waals surface area contributed by atoms with Crippen LogP contribution in [0.25, 0.3) is 0 Å². The van der Waals surface area contributed by atoms with Gasteiger partial charge in [0.15, 0.2) is 0 Å². The molecule has 6 nitrogen and oxygen atoms in total. The molecule has 0 saturated heterocycles. The summed E-state index contributed by atoms with van der Waals surface area (Å²) in [5, 5.41) is 4.15. The predicted octanol–water partition coefficient (Wildman–Crippen LogP) is 2.91. The Hall–Kier alpha value is -2.37. The summed E-state index contributed by atoms with van der Waals surface area (Å²) in [7, 11) is 1.56. The van der Waals surface area contributed by atoms with Crippen LogP contribution < -0.4 is 10.5 Å². The van der Waals surface area contributed by atoms with E-state index in [2.05, 4.69) is 25.9 Å². The molecule has 2 bridgehead atoms. The zero-order chi connectivity index (χ0) is 18.5. The molecule has 1 amide bonds. The summed E-state index contributed by atoms with van der Waals surface area (Å²) >= 11 is 0. The van der Waals surface area contributed by atoms with E-state index in [0.717, 1.165) is 18.6 Å². The van der Waals surface area contributed by atoms with Gasteiger partial charge in [-0.15, -0.1) is 0 Å². The average molecular weight is 344 g/mol. The van der Waals surface area contributed by atoms with Crippen molar-refractivity contribution < 1.29 is 19.2 Å². The maximum atomic E-state index is 12.2. The van der Waals surface area contributed by atoms with Gasteiger partial charge in [0.2, 0.25) is 5.91 Å². The number of carbonyl (C=O) groups is 2. The highest BCUT2D eigenvalue weighted by Gasteiger charge is 2.71. The minimum Gasteiger partial charge on any atom is -0.497 e. The Balaban J connectivity index is 1.83. The molecule has 0 spiro atoms. The van der Waals surface area contributed by atoms with Gasteiger partial charge < -0.3 is 15.3 Å². The highest BCUT2D eigenvalue weighted by atomic mass is 16.7. The number of benzene rings is 1. The molecule has 2 atom stereocenters. The van der Waals surface area contributed by atoms with E-state index in [0.29, 0.717) is 17.7 Å². The van der Waals surface area contributed by atoms with Crippen molar-refractivity contribution in [3.05, 3.63) is 29.8 Å². The lowest BCUT2D eigenvalue weighted by atomic mass is 9.64. The zero-order valence-corrected chi connectivity index (χ0v) is 15.1. The van der Waals surface area contributed by atoms with Crippen molar-refractivity contribution in [1.82, 2.24) is 0 Å². The number of methoxy groups -OCH3 is 1. The third-order valence-electron chi connectivity index (χ3n) is 6.77. The molecule has 2 aliphatic rings. The Morgan fingerprint density at radius 3 is 2.28 bits per heavy atom. The van der Waals surface area contributed by atoms with Gasteiger partial charge in [0.1, 0.15) is 5.75 Å². The Kier molecular flexibility index (Phi) is 3.89. The van der Waals surface area contributed by atoms with E-state index in [1.165, 1.54) is 0 Å². The summed E-state index contributed by atoms with van der Waals surface area (Å²) in [6, 6.07) is 6.62. The number of nitrogens with zero attached hydrogens (tertiary/aromatic N) is 1. The molecule has 0 radical (unpaired) electrons. The second-order valence-electron chi connectivity index (χ2n) is 7.73. The van der Waals surface area contributed by atoms with Gasteiger partial charge >= 0.3 is 5.97 Å². The van der Waals surface area contributed by atoms with Gasteiger partial charge in [-0.25, -0.2) is 4.79 Å². The van der Waals surface area contributed by atoms with Crippen LogP contribution in [0.4, 0.5) is 0 Å². The summed E-state index contributed by atoms with van der Waals surface area (Å²) in [6.07, 6.45) is 2.00. The average Bonchev–Trinajstić information content (AvgIpc) is 2.90. The lowest BCUT2D eigenvalue weighted by Crippen LogP contribution is -2.44. The number of rotatable bonds is 4. The Morgan fingerprint density at radius 2 is 1.76 bits per heavy atom. The summed E-state index contributed by atoms with van der Waals surface area (Å²) in [6.45, 7) is 6.18. The number of hydrogen-bond donors (Lipinski definition) is 1. The van der Waals surface area contributed by atoms with Crippen LogP contribution in [0.1, 0.15) is 50.4 Å². The molecule has 1 aromatic carbocycles. The van der Waals surface area contributed by atoms with E-state index in [9.17, 15) is 9.59 Å². The fourth-order valence-electron chi connectivity index (χ4n) is 4.44. The molecule has 2 unspecified atom stereocenters. The maximum Gasteiger partial charge on any atom is 0.365 e. The smallest absolute Gasteiger partial charge is 0.365 e. The lowest BCUT2D eigenvalue weighted by molar-refractivity contribution is -0.132. The van der Waals surface area contributed by atoms with Gasteiger partial charge in [-0.1, -0.05) is 25.9 Å². The summed E-state index contributed by atoms with van der Waals surface area (Å²) < 4.78 is 5.07. The molecule has 0 aliphatic heterocycles. The quantitative estimate of drug-likeness (QED) is 0.671. The van der Waals surface area contributed by atoms with Crippen LogP contribution in [0.15, 0.2) is 29.4 Å². The van der Waals surface area contributed by atoms with Crippen LogP contribution in [0.5, 0.6) is 5.75 Å². The van der Waals surface area contributed by atoms with E-state index >= 15 is 0 Å². The SMILES string of the molecule is COc1ccc(C(=O)ON=C2CC3(C(N)=O)CCC2(C)C3(C)C)cc1. The third kappa shape index (κ3) is 2.27. The van der Waals surface area contributed by atoms with Crippen LogP contribution >= 0.6 is 0 Å². The van der Waals surface area contributed by atoms with E-state index in [1.54, 1.807) is 31.4 Å². The van der Waals surface area contributed by atoms with E-state index < -0.39 is 11.4 Å². The van der Waals surface area contributed by atoms with E-state index in [4.69, 9.17) is 15.3 Å². The van der Waals surface area contributed by atoms with Gasteiger partial charge in [-0.05, 0) is 42.5 Å². The first-order valence-corrected chi connectivity index (χ1v) is 8.41. The first kappa shape index (κ1) is 17.5.